The molecule has 1 N–H and O–H groups in total. The van der Waals surface area contributed by atoms with Gasteiger partial charge < -0.3 is 10.1 Å². The molecule has 0 aliphatic carbocycles. The highest BCUT2D eigenvalue weighted by Crippen LogP contribution is 2.18. The molecule has 0 heterocycles. The number of halogens is 1. The molecule has 7 heteroatoms. The van der Waals surface area contributed by atoms with E-state index in [2.05, 4.69) is 5.32 Å². The largest absolute Gasteiger partial charge is 0.380 e. The Hall–Kier alpha value is -2.02. The normalized spacial score (nSPS) is 12.2. The molecule has 6 nitrogen and oxygen atoms in total. The summed E-state index contributed by atoms with van der Waals surface area (Å²) >= 11 is 0. The second-order valence-electron chi connectivity index (χ2n) is 4.91. The Morgan fingerprint density at radius 1 is 1.48 bits per heavy atom. The fourth-order valence-electron chi connectivity index (χ4n) is 1.69. The van der Waals surface area contributed by atoms with E-state index in [1.807, 2.05) is 20.8 Å². The van der Waals surface area contributed by atoms with Gasteiger partial charge in [0.2, 0.25) is 5.82 Å². The van der Waals surface area contributed by atoms with E-state index in [4.69, 9.17) is 4.74 Å². The molecule has 0 aliphatic rings. The third-order valence-corrected chi connectivity index (χ3v) is 3.03. The zero-order valence-electron chi connectivity index (χ0n) is 12.3. The van der Waals surface area contributed by atoms with Crippen molar-refractivity contribution in [2.24, 2.45) is 5.92 Å². The Morgan fingerprint density at radius 2 is 2.14 bits per heavy atom. The standard InChI is InChI=1S/C14H19FN2O4/c1-4-21-8-12(9(2)3)16-14(18)10-5-6-11(15)13(7-10)17(19)20/h5-7,9,12H,4,8H2,1-3H3,(H,16,18). The molecule has 116 valence electrons. The van der Waals surface area contributed by atoms with Crippen molar-refractivity contribution < 1.29 is 18.8 Å². The van der Waals surface area contributed by atoms with E-state index in [9.17, 15) is 19.3 Å². The molecule has 0 aliphatic heterocycles. The van der Waals surface area contributed by atoms with Crippen LogP contribution in [0.15, 0.2) is 18.2 Å². The van der Waals surface area contributed by atoms with Gasteiger partial charge in [0.05, 0.1) is 17.6 Å². The first-order chi connectivity index (χ1) is 9.86. The van der Waals surface area contributed by atoms with Crippen molar-refractivity contribution in [3.8, 4) is 0 Å². The fraction of sp³-hybridized carbons (Fsp3) is 0.500. The maximum Gasteiger partial charge on any atom is 0.305 e. The second-order valence-corrected chi connectivity index (χ2v) is 4.91. The lowest BCUT2D eigenvalue weighted by Gasteiger charge is -2.22. The molecule has 0 fully saturated rings. The molecule has 1 rings (SSSR count). The average molecular weight is 298 g/mol. The molecule has 0 aromatic heterocycles. The van der Waals surface area contributed by atoms with E-state index in [1.165, 1.54) is 6.07 Å². The third-order valence-electron chi connectivity index (χ3n) is 3.03. The number of hydrogen-bond donors (Lipinski definition) is 1. The number of nitro groups is 1. The summed E-state index contributed by atoms with van der Waals surface area (Å²) in [6.07, 6.45) is 0. The highest BCUT2D eigenvalue weighted by molar-refractivity contribution is 5.95. The number of carbonyl (C=O) groups excluding carboxylic acids is 1. The van der Waals surface area contributed by atoms with E-state index >= 15 is 0 Å². The number of carbonyl (C=O) groups is 1. The highest BCUT2D eigenvalue weighted by Gasteiger charge is 2.21. The van der Waals surface area contributed by atoms with Gasteiger partial charge in [0.15, 0.2) is 0 Å². The van der Waals surface area contributed by atoms with E-state index in [0.29, 0.717) is 13.2 Å². The summed E-state index contributed by atoms with van der Waals surface area (Å²) in [6, 6.07) is 2.85. The number of nitrogens with one attached hydrogen (secondary N) is 1. The van der Waals surface area contributed by atoms with Gasteiger partial charge in [-0.2, -0.15) is 4.39 Å². The van der Waals surface area contributed by atoms with Gasteiger partial charge in [0.1, 0.15) is 0 Å². The Labute approximate surface area is 122 Å². The fourth-order valence-corrected chi connectivity index (χ4v) is 1.69. The number of benzene rings is 1. The van der Waals surface area contributed by atoms with Crippen LogP contribution in [0.3, 0.4) is 0 Å². The summed E-state index contributed by atoms with van der Waals surface area (Å²) in [7, 11) is 0. The van der Waals surface area contributed by atoms with Gasteiger partial charge >= 0.3 is 5.69 Å². The van der Waals surface area contributed by atoms with Crippen molar-refractivity contribution in [3.05, 3.63) is 39.7 Å². The van der Waals surface area contributed by atoms with Crippen LogP contribution in [0, 0.1) is 21.8 Å². The first-order valence-corrected chi connectivity index (χ1v) is 6.69. The molecule has 1 aromatic rings. The predicted octanol–water partition coefficient (Wildman–Crippen LogP) is 2.52. The van der Waals surface area contributed by atoms with Crippen LogP contribution in [0.1, 0.15) is 31.1 Å². The average Bonchev–Trinajstić information content (AvgIpc) is 2.42. The number of rotatable bonds is 7. The number of ether oxygens (including phenoxy) is 1. The summed E-state index contributed by atoms with van der Waals surface area (Å²) in [5, 5.41) is 13.4. The lowest BCUT2D eigenvalue weighted by atomic mass is 10.0. The zero-order chi connectivity index (χ0) is 16.0. The Kier molecular flexibility index (Phi) is 6.23. The van der Waals surface area contributed by atoms with E-state index in [1.54, 1.807) is 0 Å². The van der Waals surface area contributed by atoms with E-state index in [-0.39, 0.29) is 17.5 Å². The van der Waals surface area contributed by atoms with Gasteiger partial charge in [-0.15, -0.1) is 0 Å². The van der Waals surface area contributed by atoms with Crippen LogP contribution in [-0.2, 0) is 4.74 Å². The van der Waals surface area contributed by atoms with Crippen LogP contribution < -0.4 is 5.32 Å². The molecule has 1 amide bonds. The monoisotopic (exact) mass is 298 g/mol. The van der Waals surface area contributed by atoms with Gasteiger partial charge in [0.25, 0.3) is 5.91 Å². The summed E-state index contributed by atoms with van der Waals surface area (Å²) in [4.78, 5) is 21.9. The molecule has 21 heavy (non-hydrogen) atoms. The minimum Gasteiger partial charge on any atom is -0.380 e. The molecule has 1 aromatic carbocycles. The van der Waals surface area contributed by atoms with Crippen molar-refractivity contribution in [1.82, 2.24) is 5.32 Å². The summed E-state index contributed by atoms with van der Waals surface area (Å²) in [6.45, 7) is 6.58. The SMILES string of the molecule is CCOCC(NC(=O)c1ccc(F)c([N+](=O)[O-])c1)C(C)C. The quantitative estimate of drug-likeness (QED) is 0.619. The summed E-state index contributed by atoms with van der Waals surface area (Å²) in [5.41, 5.74) is -0.668. The van der Waals surface area contributed by atoms with E-state index in [0.717, 1.165) is 12.1 Å². The third kappa shape index (κ3) is 4.78. The van der Waals surface area contributed by atoms with Gasteiger partial charge in [0, 0.05) is 18.2 Å². The molecule has 0 spiro atoms. The number of hydrogen-bond acceptors (Lipinski definition) is 4. The van der Waals surface area contributed by atoms with Gasteiger partial charge in [-0.25, -0.2) is 0 Å². The summed E-state index contributed by atoms with van der Waals surface area (Å²) in [5.74, 6) is -1.32. The van der Waals surface area contributed by atoms with Gasteiger partial charge in [-0.05, 0) is 25.0 Å². The second kappa shape index (κ2) is 7.68. The van der Waals surface area contributed by atoms with E-state index < -0.39 is 22.3 Å². The maximum absolute atomic E-state index is 13.2. The van der Waals surface area contributed by atoms with Crippen LogP contribution in [0.2, 0.25) is 0 Å². The lowest BCUT2D eigenvalue weighted by molar-refractivity contribution is -0.387. The van der Waals surface area contributed by atoms with Gasteiger partial charge in [-0.3, -0.25) is 14.9 Å². The van der Waals surface area contributed by atoms with Crippen molar-refractivity contribution in [3.63, 3.8) is 0 Å². The molecule has 1 unspecified atom stereocenters. The Morgan fingerprint density at radius 3 is 2.67 bits per heavy atom. The van der Waals surface area contributed by atoms with Crippen LogP contribution in [0.25, 0.3) is 0 Å². The Balaban J connectivity index is 2.87. The maximum atomic E-state index is 13.2. The van der Waals surface area contributed by atoms with Crippen molar-refractivity contribution >= 4 is 11.6 Å². The molecule has 0 saturated heterocycles. The number of amides is 1. The molecule has 0 saturated carbocycles. The smallest absolute Gasteiger partial charge is 0.305 e. The Bertz CT molecular complexity index is 520. The lowest BCUT2D eigenvalue weighted by Crippen LogP contribution is -2.41. The van der Waals surface area contributed by atoms with Crippen molar-refractivity contribution in [1.29, 1.82) is 0 Å². The summed E-state index contributed by atoms with van der Waals surface area (Å²) < 4.78 is 18.5. The number of nitro benzene ring substituents is 1. The first kappa shape index (κ1) is 17.0. The molecule has 0 radical (unpaired) electrons. The molecular weight excluding hydrogens is 279 g/mol. The zero-order valence-corrected chi connectivity index (χ0v) is 12.3. The molecular formula is C14H19FN2O4. The van der Waals surface area contributed by atoms with Crippen molar-refractivity contribution in [2.45, 2.75) is 26.8 Å². The van der Waals surface area contributed by atoms with Crippen molar-refractivity contribution in [2.75, 3.05) is 13.2 Å². The van der Waals surface area contributed by atoms with Crippen LogP contribution >= 0.6 is 0 Å². The predicted molar refractivity (Wildman–Crippen MR) is 75.6 cm³/mol. The topological polar surface area (TPSA) is 81.5 Å². The number of nitrogens with zero attached hydrogens (tertiary/aromatic N) is 1. The minimum atomic E-state index is -0.966. The van der Waals surface area contributed by atoms with Crippen LogP contribution in [0.5, 0.6) is 0 Å². The highest BCUT2D eigenvalue weighted by atomic mass is 19.1. The first-order valence-electron chi connectivity index (χ1n) is 6.69. The minimum absolute atomic E-state index is 0.0465. The van der Waals surface area contributed by atoms with Crippen LogP contribution in [0.4, 0.5) is 10.1 Å². The van der Waals surface area contributed by atoms with Gasteiger partial charge in [-0.1, -0.05) is 13.8 Å². The molecule has 1 atom stereocenters. The molecule has 0 bridgehead atoms. The van der Waals surface area contributed by atoms with Crippen LogP contribution in [-0.4, -0.2) is 30.1 Å².